The van der Waals surface area contributed by atoms with Crippen LogP contribution in [0.5, 0.6) is 0 Å². The number of nitrogens with zero attached hydrogens (tertiary/aromatic N) is 2. The predicted octanol–water partition coefficient (Wildman–Crippen LogP) is 3.88. The summed E-state index contributed by atoms with van der Waals surface area (Å²) in [7, 11) is 0. The SMILES string of the molecule is CC(NC(=O)CN1CCN(CCc2ccccc2)CC1)c1cccc2ccccc12. The molecule has 4 heteroatoms. The van der Waals surface area contributed by atoms with Crippen LogP contribution in [0.4, 0.5) is 0 Å². The smallest absolute Gasteiger partial charge is 0.234 e. The summed E-state index contributed by atoms with van der Waals surface area (Å²) < 4.78 is 0. The number of hydrogen-bond acceptors (Lipinski definition) is 3. The molecule has 0 aromatic heterocycles. The normalized spacial score (nSPS) is 16.4. The molecule has 0 saturated carbocycles. The van der Waals surface area contributed by atoms with E-state index in [4.69, 9.17) is 0 Å². The Kier molecular flexibility index (Phi) is 6.77. The average molecular weight is 402 g/mol. The Hall–Kier alpha value is -2.69. The molecule has 30 heavy (non-hydrogen) atoms. The highest BCUT2D eigenvalue weighted by Crippen LogP contribution is 2.24. The molecule has 3 aromatic rings. The summed E-state index contributed by atoms with van der Waals surface area (Å²) in [6.45, 7) is 7.58. The van der Waals surface area contributed by atoms with E-state index in [0.717, 1.165) is 39.1 Å². The van der Waals surface area contributed by atoms with Crippen LogP contribution in [-0.4, -0.2) is 55.0 Å². The Morgan fingerprint density at radius 2 is 1.53 bits per heavy atom. The lowest BCUT2D eigenvalue weighted by atomic mass is 10.00. The summed E-state index contributed by atoms with van der Waals surface area (Å²) in [5.41, 5.74) is 2.56. The molecule has 1 aliphatic heterocycles. The highest BCUT2D eigenvalue weighted by atomic mass is 16.2. The van der Waals surface area contributed by atoms with Gasteiger partial charge in [-0.3, -0.25) is 9.69 Å². The van der Waals surface area contributed by atoms with Crippen molar-refractivity contribution in [2.75, 3.05) is 39.3 Å². The summed E-state index contributed by atoms with van der Waals surface area (Å²) in [5, 5.41) is 5.62. The van der Waals surface area contributed by atoms with Crippen molar-refractivity contribution in [2.45, 2.75) is 19.4 Å². The van der Waals surface area contributed by atoms with Gasteiger partial charge in [0.2, 0.25) is 5.91 Å². The molecular formula is C26H31N3O. The van der Waals surface area contributed by atoms with E-state index in [9.17, 15) is 4.79 Å². The van der Waals surface area contributed by atoms with Gasteiger partial charge >= 0.3 is 0 Å². The van der Waals surface area contributed by atoms with Crippen LogP contribution in [-0.2, 0) is 11.2 Å². The third-order valence-corrected chi connectivity index (χ3v) is 6.06. The van der Waals surface area contributed by atoms with Gasteiger partial charge in [0.1, 0.15) is 0 Å². The van der Waals surface area contributed by atoms with Crippen molar-refractivity contribution >= 4 is 16.7 Å². The maximum absolute atomic E-state index is 12.7. The van der Waals surface area contributed by atoms with Crippen molar-refractivity contribution in [2.24, 2.45) is 0 Å². The molecule has 0 aliphatic carbocycles. The van der Waals surface area contributed by atoms with Gasteiger partial charge in [-0.25, -0.2) is 0 Å². The van der Waals surface area contributed by atoms with Crippen LogP contribution < -0.4 is 5.32 Å². The molecule has 0 radical (unpaired) electrons. The molecular weight excluding hydrogens is 370 g/mol. The van der Waals surface area contributed by atoms with E-state index >= 15 is 0 Å². The fourth-order valence-electron chi connectivity index (χ4n) is 4.30. The van der Waals surface area contributed by atoms with Crippen molar-refractivity contribution in [3.05, 3.63) is 83.9 Å². The summed E-state index contributed by atoms with van der Waals surface area (Å²) in [6.07, 6.45) is 1.09. The van der Waals surface area contributed by atoms with Gasteiger partial charge in [-0.15, -0.1) is 0 Å². The molecule has 4 nitrogen and oxygen atoms in total. The van der Waals surface area contributed by atoms with Crippen LogP contribution in [0, 0.1) is 0 Å². The first-order chi connectivity index (χ1) is 14.7. The molecule has 4 rings (SSSR count). The fourth-order valence-corrected chi connectivity index (χ4v) is 4.30. The van der Waals surface area contributed by atoms with Crippen LogP contribution in [0.15, 0.2) is 72.8 Å². The zero-order valence-electron chi connectivity index (χ0n) is 17.8. The number of amides is 1. The first-order valence-corrected chi connectivity index (χ1v) is 10.9. The van der Waals surface area contributed by atoms with Gasteiger partial charge < -0.3 is 10.2 Å². The lowest BCUT2D eigenvalue weighted by Crippen LogP contribution is -2.50. The quantitative estimate of drug-likeness (QED) is 0.653. The van der Waals surface area contributed by atoms with Gasteiger partial charge in [0.05, 0.1) is 12.6 Å². The minimum absolute atomic E-state index is 0.00392. The van der Waals surface area contributed by atoms with E-state index in [0.29, 0.717) is 6.54 Å². The number of rotatable bonds is 7. The Bertz CT molecular complexity index is 959. The number of fused-ring (bicyclic) bond motifs is 1. The largest absolute Gasteiger partial charge is 0.348 e. The molecule has 1 saturated heterocycles. The standard InChI is InChI=1S/C26H31N3O/c1-21(24-13-7-11-23-10-5-6-12-25(23)24)27-26(30)20-29-18-16-28(17-19-29)15-14-22-8-3-2-4-9-22/h2-13,21H,14-20H2,1H3,(H,27,30). The lowest BCUT2D eigenvalue weighted by Gasteiger charge is -2.34. The minimum atomic E-state index is -0.00392. The van der Waals surface area contributed by atoms with E-state index in [1.165, 1.54) is 21.9 Å². The van der Waals surface area contributed by atoms with Gasteiger partial charge in [0.15, 0.2) is 0 Å². The fraction of sp³-hybridized carbons (Fsp3) is 0.346. The van der Waals surface area contributed by atoms with Gasteiger partial charge in [0.25, 0.3) is 0 Å². The molecule has 1 N–H and O–H groups in total. The van der Waals surface area contributed by atoms with E-state index in [1.807, 2.05) is 0 Å². The predicted molar refractivity (Wildman–Crippen MR) is 124 cm³/mol. The Morgan fingerprint density at radius 1 is 0.867 bits per heavy atom. The maximum atomic E-state index is 12.7. The van der Waals surface area contributed by atoms with Gasteiger partial charge in [-0.2, -0.15) is 0 Å². The minimum Gasteiger partial charge on any atom is -0.348 e. The molecule has 3 aromatic carbocycles. The first-order valence-electron chi connectivity index (χ1n) is 10.9. The second-order valence-electron chi connectivity index (χ2n) is 8.21. The lowest BCUT2D eigenvalue weighted by molar-refractivity contribution is -0.123. The van der Waals surface area contributed by atoms with Crippen LogP contribution in [0.3, 0.4) is 0 Å². The summed E-state index contributed by atoms with van der Waals surface area (Å²) in [5.74, 6) is 0.105. The molecule has 1 amide bonds. The summed E-state index contributed by atoms with van der Waals surface area (Å²) >= 11 is 0. The number of hydrogen-bond donors (Lipinski definition) is 1. The molecule has 156 valence electrons. The first kappa shape index (κ1) is 20.6. The highest BCUT2D eigenvalue weighted by molar-refractivity contribution is 5.87. The molecule has 0 bridgehead atoms. The van der Waals surface area contributed by atoms with Crippen LogP contribution in [0.2, 0.25) is 0 Å². The van der Waals surface area contributed by atoms with Crippen LogP contribution in [0.1, 0.15) is 24.1 Å². The zero-order valence-corrected chi connectivity index (χ0v) is 17.8. The number of carbonyl (C=O) groups excluding carboxylic acids is 1. The van der Waals surface area contributed by atoms with Gasteiger partial charge in [-0.05, 0) is 35.2 Å². The summed E-state index contributed by atoms with van der Waals surface area (Å²) in [4.78, 5) is 17.4. The van der Waals surface area contributed by atoms with E-state index in [-0.39, 0.29) is 11.9 Å². The molecule has 1 atom stereocenters. The van der Waals surface area contributed by atoms with Gasteiger partial charge in [0, 0.05) is 32.7 Å². The second-order valence-corrected chi connectivity index (χ2v) is 8.21. The van der Waals surface area contributed by atoms with E-state index in [1.54, 1.807) is 0 Å². The Morgan fingerprint density at radius 3 is 2.33 bits per heavy atom. The van der Waals surface area contributed by atoms with Crippen LogP contribution >= 0.6 is 0 Å². The van der Waals surface area contributed by atoms with Crippen molar-refractivity contribution in [1.29, 1.82) is 0 Å². The Labute approximate surface area is 179 Å². The number of piperazine rings is 1. The topological polar surface area (TPSA) is 35.6 Å². The van der Waals surface area contributed by atoms with Crippen molar-refractivity contribution in [1.82, 2.24) is 15.1 Å². The highest BCUT2D eigenvalue weighted by Gasteiger charge is 2.20. The van der Waals surface area contributed by atoms with Crippen molar-refractivity contribution in [3.63, 3.8) is 0 Å². The van der Waals surface area contributed by atoms with Crippen molar-refractivity contribution in [3.8, 4) is 0 Å². The monoisotopic (exact) mass is 401 g/mol. The van der Waals surface area contributed by atoms with E-state index < -0.39 is 0 Å². The third-order valence-electron chi connectivity index (χ3n) is 6.06. The Balaban J connectivity index is 1.24. The average Bonchev–Trinajstić information content (AvgIpc) is 2.79. The molecule has 1 fully saturated rings. The van der Waals surface area contributed by atoms with Gasteiger partial charge in [-0.1, -0.05) is 72.8 Å². The summed E-state index contributed by atoms with van der Waals surface area (Å²) in [6, 6.07) is 25.3. The zero-order chi connectivity index (χ0) is 20.8. The van der Waals surface area contributed by atoms with E-state index in [2.05, 4.69) is 94.8 Å². The number of benzene rings is 3. The van der Waals surface area contributed by atoms with Crippen LogP contribution in [0.25, 0.3) is 10.8 Å². The maximum Gasteiger partial charge on any atom is 0.234 e. The molecule has 1 aliphatic rings. The van der Waals surface area contributed by atoms with Crippen molar-refractivity contribution < 1.29 is 4.79 Å². The second kappa shape index (κ2) is 9.88. The molecule has 1 heterocycles. The number of carbonyl (C=O) groups is 1. The third kappa shape index (κ3) is 5.26. The molecule has 1 unspecified atom stereocenters. The molecule has 0 spiro atoms. The number of nitrogens with one attached hydrogen (secondary N) is 1.